The molecule has 0 radical (unpaired) electrons. The van der Waals surface area contributed by atoms with Gasteiger partial charge < -0.3 is 10.2 Å². The normalized spacial score (nSPS) is 10.6. The molecule has 0 amide bonds. The number of pyridine rings is 1. The summed E-state index contributed by atoms with van der Waals surface area (Å²) < 4.78 is 26.9. The summed E-state index contributed by atoms with van der Waals surface area (Å²) >= 11 is 0. The van der Waals surface area contributed by atoms with E-state index in [0.717, 1.165) is 5.56 Å². The van der Waals surface area contributed by atoms with E-state index in [0.29, 0.717) is 24.5 Å². The third-order valence-corrected chi connectivity index (χ3v) is 3.00. The second kappa shape index (κ2) is 6.43. The van der Waals surface area contributed by atoms with Crippen LogP contribution in [0.15, 0.2) is 36.5 Å². The van der Waals surface area contributed by atoms with E-state index in [9.17, 15) is 8.78 Å². The van der Waals surface area contributed by atoms with Crippen molar-refractivity contribution in [2.75, 3.05) is 19.0 Å². The van der Waals surface area contributed by atoms with E-state index in [-0.39, 0.29) is 11.6 Å². The molecule has 0 bridgehead atoms. The van der Waals surface area contributed by atoms with Gasteiger partial charge in [0.25, 0.3) is 0 Å². The van der Waals surface area contributed by atoms with Crippen LogP contribution in [0.4, 0.5) is 14.6 Å². The highest BCUT2D eigenvalue weighted by Gasteiger charge is 2.12. The number of hydrogen-bond acceptors (Lipinski definition) is 3. The van der Waals surface area contributed by atoms with Gasteiger partial charge in [0, 0.05) is 31.3 Å². The molecule has 0 aliphatic heterocycles. The zero-order valence-corrected chi connectivity index (χ0v) is 11.5. The minimum atomic E-state index is -0.377. The first-order valence-corrected chi connectivity index (χ1v) is 6.35. The van der Waals surface area contributed by atoms with Gasteiger partial charge in [-0.25, -0.2) is 13.8 Å². The molecule has 1 aromatic heterocycles. The number of nitrogens with one attached hydrogen (secondary N) is 1. The van der Waals surface area contributed by atoms with E-state index in [1.807, 2.05) is 11.9 Å². The Kier molecular flexibility index (Phi) is 4.63. The Hall–Kier alpha value is -2.01. The van der Waals surface area contributed by atoms with Crippen LogP contribution in [0, 0.1) is 11.6 Å². The van der Waals surface area contributed by atoms with Gasteiger partial charge >= 0.3 is 0 Å². The van der Waals surface area contributed by atoms with Crippen LogP contribution < -0.4 is 10.2 Å². The largest absolute Gasteiger partial charge is 0.355 e. The highest BCUT2D eigenvalue weighted by Crippen LogP contribution is 2.20. The molecule has 3 nitrogen and oxygen atoms in total. The Morgan fingerprint density at radius 3 is 2.65 bits per heavy atom. The predicted octanol–water partition coefficient (Wildman–Crippen LogP) is 2.72. The van der Waals surface area contributed by atoms with Gasteiger partial charge in [-0.3, -0.25) is 0 Å². The van der Waals surface area contributed by atoms with Crippen molar-refractivity contribution in [3.05, 3.63) is 59.3 Å². The molecule has 1 N–H and O–H groups in total. The number of benzene rings is 1. The number of nitrogens with zero attached hydrogens (tertiary/aromatic N) is 2. The van der Waals surface area contributed by atoms with E-state index in [4.69, 9.17) is 0 Å². The van der Waals surface area contributed by atoms with Gasteiger partial charge in [0.05, 0.1) is 6.20 Å². The average molecular weight is 277 g/mol. The van der Waals surface area contributed by atoms with Crippen molar-refractivity contribution in [2.45, 2.75) is 13.1 Å². The van der Waals surface area contributed by atoms with Crippen LogP contribution in [0.25, 0.3) is 0 Å². The second-order valence-electron chi connectivity index (χ2n) is 4.61. The zero-order valence-electron chi connectivity index (χ0n) is 11.5. The monoisotopic (exact) mass is 277 g/mol. The molecule has 0 saturated carbocycles. The van der Waals surface area contributed by atoms with Crippen molar-refractivity contribution in [1.29, 1.82) is 0 Å². The third-order valence-electron chi connectivity index (χ3n) is 3.00. The number of anilines is 1. The number of halogens is 2. The summed E-state index contributed by atoms with van der Waals surface area (Å²) in [6.45, 7) is 0.879. The maximum Gasteiger partial charge on any atom is 0.141 e. The quantitative estimate of drug-likeness (QED) is 0.911. The first-order chi connectivity index (χ1) is 9.61. The fourth-order valence-electron chi connectivity index (χ4n) is 2.10. The molecule has 20 heavy (non-hydrogen) atoms. The molecule has 0 saturated heterocycles. The Morgan fingerprint density at radius 2 is 1.95 bits per heavy atom. The van der Waals surface area contributed by atoms with Crippen molar-refractivity contribution in [3.8, 4) is 0 Å². The molecule has 0 atom stereocenters. The van der Waals surface area contributed by atoms with Crippen LogP contribution in [-0.4, -0.2) is 19.1 Å². The lowest BCUT2D eigenvalue weighted by Gasteiger charge is -2.21. The molecular weight excluding hydrogens is 260 g/mol. The van der Waals surface area contributed by atoms with Crippen molar-refractivity contribution >= 4 is 5.82 Å². The van der Waals surface area contributed by atoms with Gasteiger partial charge in [-0.15, -0.1) is 0 Å². The van der Waals surface area contributed by atoms with E-state index in [1.165, 1.54) is 18.3 Å². The molecule has 1 aromatic carbocycles. The molecule has 106 valence electrons. The van der Waals surface area contributed by atoms with Crippen molar-refractivity contribution < 1.29 is 8.78 Å². The molecule has 1 heterocycles. The summed E-state index contributed by atoms with van der Waals surface area (Å²) in [5.41, 5.74) is 1.32. The number of rotatable bonds is 5. The summed E-state index contributed by atoms with van der Waals surface area (Å²) in [7, 11) is 3.59. The van der Waals surface area contributed by atoms with Gasteiger partial charge in [-0.05, 0) is 19.2 Å². The number of hydrogen-bond donors (Lipinski definition) is 1. The van der Waals surface area contributed by atoms with Gasteiger partial charge in [0.15, 0.2) is 0 Å². The lowest BCUT2D eigenvalue weighted by atomic mass is 10.2. The molecule has 2 rings (SSSR count). The minimum Gasteiger partial charge on any atom is -0.355 e. The van der Waals surface area contributed by atoms with Gasteiger partial charge in [-0.1, -0.05) is 18.2 Å². The van der Waals surface area contributed by atoms with Crippen LogP contribution >= 0.6 is 0 Å². The highest BCUT2D eigenvalue weighted by atomic mass is 19.1. The molecule has 2 aromatic rings. The maximum absolute atomic E-state index is 13.7. The molecule has 0 aliphatic rings. The zero-order chi connectivity index (χ0) is 14.5. The van der Waals surface area contributed by atoms with Crippen molar-refractivity contribution in [2.24, 2.45) is 0 Å². The SMILES string of the molecule is CNCc1cc(F)cnc1N(C)Cc1ccccc1F. The summed E-state index contributed by atoms with van der Waals surface area (Å²) in [4.78, 5) is 5.92. The Labute approximate surface area is 117 Å². The summed E-state index contributed by atoms with van der Waals surface area (Å²) in [6.07, 6.45) is 1.17. The van der Waals surface area contributed by atoms with Gasteiger partial charge in [0.1, 0.15) is 17.5 Å². The van der Waals surface area contributed by atoms with Crippen molar-refractivity contribution in [3.63, 3.8) is 0 Å². The lowest BCUT2D eigenvalue weighted by molar-refractivity contribution is 0.604. The molecular formula is C15H17F2N3. The topological polar surface area (TPSA) is 28.2 Å². The van der Waals surface area contributed by atoms with Gasteiger partial charge in [0.2, 0.25) is 0 Å². The fourth-order valence-corrected chi connectivity index (χ4v) is 2.10. The first kappa shape index (κ1) is 14.4. The first-order valence-electron chi connectivity index (χ1n) is 6.35. The highest BCUT2D eigenvalue weighted by molar-refractivity contribution is 5.46. The standard InChI is InChI=1S/C15H17F2N3/c1-18-8-12-7-13(16)9-19-15(12)20(2)10-11-5-3-4-6-14(11)17/h3-7,9,18H,8,10H2,1-2H3. The smallest absolute Gasteiger partial charge is 0.141 e. The lowest BCUT2D eigenvalue weighted by Crippen LogP contribution is -2.21. The second-order valence-corrected chi connectivity index (χ2v) is 4.61. The summed E-state index contributed by atoms with van der Waals surface area (Å²) in [5, 5.41) is 2.97. The van der Waals surface area contributed by atoms with Crippen LogP contribution in [-0.2, 0) is 13.1 Å². The number of aromatic nitrogens is 1. The maximum atomic E-state index is 13.7. The molecule has 0 unspecified atom stereocenters. The predicted molar refractivity (Wildman–Crippen MR) is 75.5 cm³/mol. The van der Waals surface area contributed by atoms with Crippen LogP contribution in [0.5, 0.6) is 0 Å². The summed E-state index contributed by atoms with van der Waals surface area (Å²) in [6, 6.07) is 8.04. The van der Waals surface area contributed by atoms with Crippen LogP contribution in [0.3, 0.4) is 0 Å². The molecule has 0 aliphatic carbocycles. The van der Waals surface area contributed by atoms with E-state index in [2.05, 4.69) is 10.3 Å². The van der Waals surface area contributed by atoms with E-state index in [1.54, 1.807) is 25.2 Å². The summed E-state index contributed by atoms with van der Waals surface area (Å²) in [5.74, 6) is 0.0129. The Morgan fingerprint density at radius 1 is 1.20 bits per heavy atom. The molecule has 0 spiro atoms. The molecule has 0 fully saturated rings. The fraction of sp³-hybridized carbons (Fsp3) is 0.267. The Balaban J connectivity index is 2.25. The third kappa shape index (κ3) is 3.30. The van der Waals surface area contributed by atoms with Crippen molar-refractivity contribution in [1.82, 2.24) is 10.3 Å². The Bertz CT molecular complexity index is 587. The van der Waals surface area contributed by atoms with Crippen LogP contribution in [0.2, 0.25) is 0 Å². The van der Waals surface area contributed by atoms with Gasteiger partial charge in [-0.2, -0.15) is 0 Å². The average Bonchev–Trinajstić information content (AvgIpc) is 2.42. The van der Waals surface area contributed by atoms with E-state index >= 15 is 0 Å². The molecule has 5 heteroatoms. The van der Waals surface area contributed by atoms with Crippen LogP contribution in [0.1, 0.15) is 11.1 Å². The minimum absolute atomic E-state index is 0.253. The van der Waals surface area contributed by atoms with E-state index < -0.39 is 0 Å².